The molecule has 0 aliphatic rings. The lowest BCUT2D eigenvalue weighted by Gasteiger charge is -2.02. The molecule has 0 aliphatic heterocycles. The third-order valence-electron chi connectivity index (χ3n) is 2.31. The van der Waals surface area contributed by atoms with Gasteiger partial charge in [-0.05, 0) is 12.1 Å². The molecule has 1 aromatic heterocycles. The molecular formula is C13H15N3O. The molecule has 0 saturated heterocycles. The summed E-state index contributed by atoms with van der Waals surface area (Å²) in [6, 6.07) is 6.80. The van der Waals surface area contributed by atoms with Crippen LogP contribution in [-0.4, -0.2) is 34.3 Å². The number of imidazole rings is 1. The molecule has 1 aromatic carbocycles. The van der Waals surface area contributed by atoms with Gasteiger partial charge in [-0.25, -0.2) is 4.98 Å². The normalized spacial score (nSPS) is 14.6. The van der Waals surface area contributed by atoms with Crippen LogP contribution in [0.4, 0.5) is 0 Å². The van der Waals surface area contributed by atoms with Gasteiger partial charge in [0.15, 0.2) is 5.82 Å². The van der Waals surface area contributed by atoms with Crippen LogP contribution in [0, 0.1) is 0 Å². The molecule has 2 aromatic rings. The lowest BCUT2D eigenvalue weighted by atomic mass is 10.3. The van der Waals surface area contributed by atoms with Crippen molar-refractivity contribution >= 4 is 16.8 Å². The first kappa shape index (κ1) is 8.06. The highest BCUT2D eigenvalue weighted by molar-refractivity contribution is 6.03. The Morgan fingerprint density at radius 2 is 2.24 bits per heavy atom. The number of aromatic nitrogens is 2. The molecule has 4 heteroatoms. The van der Waals surface area contributed by atoms with Crippen molar-refractivity contribution in [2.24, 2.45) is 6.98 Å². The van der Waals surface area contributed by atoms with Gasteiger partial charge in [-0.15, -0.1) is 0 Å². The summed E-state index contributed by atoms with van der Waals surface area (Å²) in [5, 5.41) is 0. The van der Waals surface area contributed by atoms with Crippen LogP contribution < -0.4 is 0 Å². The molecule has 0 spiro atoms. The van der Waals surface area contributed by atoms with Gasteiger partial charge < -0.3 is 9.47 Å². The maximum Gasteiger partial charge on any atom is 0.222 e. The zero-order chi connectivity index (χ0) is 14.9. The monoisotopic (exact) mass is 232 g/mol. The molecular weight excluding hydrogens is 214 g/mol. The van der Waals surface area contributed by atoms with Crippen molar-refractivity contribution < 1.29 is 8.91 Å². The van der Waals surface area contributed by atoms with Gasteiger partial charge in [0.2, 0.25) is 5.78 Å². The lowest BCUT2D eigenvalue weighted by Crippen LogP contribution is -2.07. The molecule has 0 bridgehead atoms. The van der Waals surface area contributed by atoms with Crippen LogP contribution in [0.15, 0.2) is 36.5 Å². The van der Waals surface area contributed by atoms with E-state index in [1.54, 1.807) is 49.5 Å². The summed E-state index contributed by atoms with van der Waals surface area (Å²) in [4.78, 5) is 18.0. The lowest BCUT2D eigenvalue weighted by molar-refractivity contribution is 0.103. The number of hydrogen-bond acceptors (Lipinski definition) is 3. The molecule has 0 unspecified atom stereocenters. The van der Waals surface area contributed by atoms with E-state index in [-0.39, 0.29) is 5.82 Å². The van der Waals surface area contributed by atoms with Crippen LogP contribution in [0.2, 0.25) is 0 Å². The second kappa shape index (κ2) is 4.41. The summed E-state index contributed by atoms with van der Waals surface area (Å²) in [6.07, 6.45) is 2.87. The molecule has 0 N–H and O–H groups in total. The van der Waals surface area contributed by atoms with Crippen molar-refractivity contribution in [3.8, 4) is 0 Å². The van der Waals surface area contributed by atoms with Crippen LogP contribution >= 0.6 is 0 Å². The zero-order valence-electron chi connectivity index (χ0n) is 12.7. The Kier molecular flexibility index (Phi) is 2.09. The maximum atomic E-state index is 12.1. The van der Waals surface area contributed by atoms with E-state index in [2.05, 4.69) is 4.98 Å². The van der Waals surface area contributed by atoms with E-state index in [9.17, 15) is 4.79 Å². The number of carbonyl (C=O) groups excluding carboxylic acids is 1. The van der Waals surface area contributed by atoms with Crippen molar-refractivity contribution in [3.05, 3.63) is 42.4 Å². The van der Waals surface area contributed by atoms with Crippen molar-refractivity contribution in [3.63, 3.8) is 0 Å². The second-order valence-electron chi connectivity index (χ2n) is 3.90. The third-order valence-corrected chi connectivity index (χ3v) is 2.31. The predicted octanol–water partition coefficient (Wildman–Crippen LogP) is 1.83. The average Bonchev–Trinajstić information content (AvgIpc) is 2.74. The summed E-state index contributed by atoms with van der Waals surface area (Å²) in [5.74, 6) is -0.518. The van der Waals surface area contributed by atoms with E-state index < -0.39 is 12.8 Å². The molecule has 4 nitrogen and oxygen atoms in total. The molecule has 1 heterocycles. The number of rotatable bonds is 3. The summed E-state index contributed by atoms with van der Waals surface area (Å²) < 4.78 is 23.8. The van der Waals surface area contributed by atoms with Gasteiger partial charge in [-0.2, -0.15) is 0 Å². The van der Waals surface area contributed by atoms with Gasteiger partial charge in [-0.3, -0.25) is 4.79 Å². The number of para-hydroxylation sites is 2. The van der Waals surface area contributed by atoms with Gasteiger partial charge in [0.05, 0.1) is 11.0 Å². The fraction of sp³-hybridized carbons (Fsp3) is 0.231. The molecule has 2 rings (SSSR count). The number of ketones is 1. The number of benzene rings is 1. The SMILES string of the molecule is [2H]C([2H])([2H])n1c(C(=O)/C=C/N(C)C)nc2ccccc21. The second-order valence-corrected chi connectivity index (χ2v) is 3.90. The van der Waals surface area contributed by atoms with Gasteiger partial charge in [0.25, 0.3) is 0 Å². The fourth-order valence-corrected chi connectivity index (χ4v) is 1.48. The first-order valence-electron chi connectivity index (χ1n) is 6.67. The smallest absolute Gasteiger partial charge is 0.222 e. The Morgan fingerprint density at radius 3 is 2.94 bits per heavy atom. The van der Waals surface area contributed by atoms with Gasteiger partial charge in [-0.1, -0.05) is 12.1 Å². The molecule has 0 amide bonds. The van der Waals surface area contributed by atoms with Crippen molar-refractivity contribution in [1.82, 2.24) is 14.5 Å². The summed E-state index contributed by atoms with van der Waals surface area (Å²) in [5.41, 5.74) is 0.916. The summed E-state index contributed by atoms with van der Waals surface area (Å²) in [6.45, 7) is -2.45. The molecule has 88 valence electrons. The number of allylic oxidation sites excluding steroid dienone is 1. The molecule has 0 atom stereocenters. The van der Waals surface area contributed by atoms with Crippen LogP contribution in [0.3, 0.4) is 0 Å². The highest BCUT2D eigenvalue weighted by atomic mass is 16.1. The van der Waals surface area contributed by atoms with E-state index in [4.69, 9.17) is 4.11 Å². The maximum absolute atomic E-state index is 12.1. The molecule has 17 heavy (non-hydrogen) atoms. The third kappa shape index (κ3) is 2.20. The summed E-state index contributed by atoms with van der Waals surface area (Å²) >= 11 is 0. The fourth-order valence-electron chi connectivity index (χ4n) is 1.48. The molecule has 0 saturated carbocycles. The van der Waals surface area contributed by atoms with Crippen LogP contribution in [0.5, 0.6) is 0 Å². The Balaban J connectivity index is 2.61. The Hall–Kier alpha value is -2.10. The van der Waals surface area contributed by atoms with Crippen LogP contribution in [0.1, 0.15) is 14.7 Å². The minimum absolute atomic E-state index is 0.0794. The largest absolute Gasteiger partial charge is 0.383 e. The van der Waals surface area contributed by atoms with E-state index in [1.807, 2.05) is 0 Å². The number of nitrogens with zero attached hydrogens (tertiary/aromatic N) is 3. The number of aryl methyl sites for hydroxylation is 1. The van der Waals surface area contributed by atoms with E-state index in [0.29, 0.717) is 11.0 Å². The Labute approximate surface area is 104 Å². The quantitative estimate of drug-likeness (QED) is 0.598. The minimum Gasteiger partial charge on any atom is -0.383 e. The van der Waals surface area contributed by atoms with Crippen LogP contribution in [-0.2, 0) is 6.98 Å². The van der Waals surface area contributed by atoms with Gasteiger partial charge in [0.1, 0.15) is 0 Å². The van der Waals surface area contributed by atoms with Gasteiger partial charge >= 0.3 is 0 Å². The number of carbonyl (C=O) groups is 1. The molecule has 0 radical (unpaired) electrons. The first-order valence-corrected chi connectivity index (χ1v) is 5.17. The van der Waals surface area contributed by atoms with E-state index >= 15 is 0 Å². The highest BCUT2D eigenvalue weighted by Crippen LogP contribution is 2.14. The zero-order valence-corrected chi connectivity index (χ0v) is 9.71. The number of hydrogen-bond donors (Lipinski definition) is 0. The standard InChI is InChI=1S/C13H15N3O/c1-15(2)9-8-12(17)13-14-10-6-4-5-7-11(10)16(13)3/h4-9H,1-3H3/b9-8+/i3D3. The van der Waals surface area contributed by atoms with Crippen molar-refractivity contribution in [2.75, 3.05) is 14.1 Å². The molecule has 0 aliphatic carbocycles. The van der Waals surface area contributed by atoms with E-state index in [1.165, 1.54) is 6.08 Å². The Morgan fingerprint density at radius 1 is 1.47 bits per heavy atom. The topological polar surface area (TPSA) is 38.1 Å². The van der Waals surface area contributed by atoms with Crippen molar-refractivity contribution in [1.29, 1.82) is 0 Å². The highest BCUT2D eigenvalue weighted by Gasteiger charge is 2.12. The van der Waals surface area contributed by atoms with E-state index in [0.717, 1.165) is 4.57 Å². The Bertz CT molecular complexity index is 671. The number of fused-ring (bicyclic) bond motifs is 1. The predicted molar refractivity (Wildman–Crippen MR) is 67.9 cm³/mol. The average molecular weight is 232 g/mol. The minimum atomic E-state index is -2.45. The molecule has 0 fully saturated rings. The summed E-state index contributed by atoms with van der Waals surface area (Å²) in [7, 11) is 3.55. The van der Waals surface area contributed by atoms with Crippen LogP contribution in [0.25, 0.3) is 11.0 Å². The van der Waals surface area contributed by atoms with Crippen molar-refractivity contribution in [2.45, 2.75) is 0 Å². The first-order chi connectivity index (χ1) is 9.30. The van der Waals surface area contributed by atoms with Gasteiger partial charge in [0, 0.05) is 37.5 Å².